The standard InChI is InChI=1S/C22H28N2O2/c1-17-9-8-10-18(2)22(17)26-16-21(25)23-15-20(24-13-6-7-14-24)19-11-4-3-5-12-19/h3-5,8-12,20H,6-7,13-16H2,1-2H3,(H,23,25). The van der Waals surface area contributed by atoms with E-state index in [1.54, 1.807) is 0 Å². The molecule has 0 spiro atoms. The molecule has 0 radical (unpaired) electrons. The molecule has 1 N–H and O–H groups in total. The summed E-state index contributed by atoms with van der Waals surface area (Å²) in [5.41, 5.74) is 3.36. The Morgan fingerprint density at radius 1 is 1.04 bits per heavy atom. The number of hydrogen-bond donors (Lipinski definition) is 1. The number of aryl methyl sites for hydroxylation is 2. The van der Waals surface area contributed by atoms with Crippen molar-refractivity contribution in [1.29, 1.82) is 0 Å². The molecule has 2 aromatic carbocycles. The van der Waals surface area contributed by atoms with Gasteiger partial charge in [-0.15, -0.1) is 0 Å². The smallest absolute Gasteiger partial charge is 0.258 e. The van der Waals surface area contributed by atoms with Crippen LogP contribution in [0.5, 0.6) is 5.75 Å². The van der Waals surface area contributed by atoms with Crippen LogP contribution in [-0.2, 0) is 4.79 Å². The topological polar surface area (TPSA) is 41.6 Å². The van der Waals surface area contributed by atoms with Crippen LogP contribution in [0, 0.1) is 13.8 Å². The van der Waals surface area contributed by atoms with Crippen molar-refractivity contribution in [2.45, 2.75) is 32.7 Å². The molecule has 4 nitrogen and oxygen atoms in total. The maximum Gasteiger partial charge on any atom is 0.258 e. The van der Waals surface area contributed by atoms with Crippen molar-refractivity contribution in [1.82, 2.24) is 10.2 Å². The molecule has 1 saturated heterocycles. The third-order valence-corrected chi connectivity index (χ3v) is 5.01. The van der Waals surface area contributed by atoms with Crippen LogP contribution in [0.15, 0.2) is 48.5 Å². The van der Waals surface area contributed by atoms with E-state index in [-0.39, 0.29) is 18.6 Å². The van der Waals surface area contributed by atoms with Crippen molar-refractivity contribution in [3.8, 4) is 5.75 Å². The molecule has 0 aliphatic carbocycles. The second kappa shape index (κ2) is 8.86. The number of carbonyl (C=O) groups excluding carboxylic acids is 1. The number of carbonyl (C=O) groups is 1. The molecule has 2 aromatic rings. The van der Waals surface area contributed by atoms with E-state index < -0.39 is 0 Å². The Hall–Kier alpha value is -2.33. The van der Waals surface area contributed by atoms with Crippen molar-refractivity contribution < 1.29 is 9.53 Å². The number of nitrogens with zero attached hydrogens (tertiary/aromatic N) is 1. The molecule has 26 heavy (non-hydrogen) atoms. The maximum atomic E-state index is 12.3. The fraction of sp³-hybridized carbons (Fsp3) is 0.409. The van der Waals surface area contributed by atoms with E-state index in [9.17, 15) is 4.79 Å². The van der Waals surface area contributed by atoms with Crippen LogP contribution in [0.2, 0.25) is 0 Å². The Bertz CT molecular complexity index is 704. The molecule has 1 unspecified atom stereocenters. The van der Waals surface area contributed by atoms with Gasteiger partial charge in [0.2, 0.25) is 0 Å². The van der Waals surface area contributed by atoms with Gasteiger partial charge in [-0.05, 0) is 56.5 Å². The molecule has 4 heteroatoms. The molecule has 1 aliphatic rings. The van der Waals surface area contributed by atoms with Crippen LogP contribution in [0.4, 0.5) is 0 Å². The molecule has 138 valence electrons. The monoisotopic (exact) mass is 352 g/mol. The Labute approximate surface area is 156 Å². The highest BCUT2D eigenvalue weighted by Gasteiger charge is 2.23. The third kappa shape index (κ3) is 4.64. The van der Waals surface area contributed by atoms with E-state index >= 15 is 0 Å². The minimum atomic E-state index is -0.0761. The predicted molar refractivity (Wildman–Crippen MR) is 104 cm³/mol. The molecular weight excluding hydrogens is 324 g/mol. The molecule has 1 amide bonds. The largest absolute Gasteiger partial charge is 0.483 e. The van der Waals surface area contributed by atoms with Gasteiger partial charge in [0.1, 0.15) is 5.75 Å². The normalized spacial score (nSPS) is 15.6. The first-order chi connectivity index (χ1) is 12.6. The minimum absolute atomic E-state index is 0.0488. The molecule has 0 saturated carbocycles. The third-order valence-electron chi connectivity index (χ3n) is 5.01. The van der Waals surface area contributed by atoms with Gasteiger partial charge in [0.25, 0.3) is 5.91 Å². The lowest BCUT2D eigenvalue weighted by atomic mass is 10.1. The number of para-hydroxylation sites is 1. The van der Waals surface area contributed by atoms with Gasteiger partial charge in [0.15, 0.2) is 6.61 Å². The first-order valence-corrected chi connectivity index (χ1v) is 9.40. The van der Waals surface area contributed by atoms with Crippen molar-refractivity contribution >= 4 is 5.91 Å². The Morgan fingerprint density at radius 3 is 2.35 bits per heavy atom. The van der Waals surface area contributed by atoms with Crippen molar-refractivity contribution in [3.05, 3.63) is 65.2 Å². The number of nitrogens with one attached hydrogen (secondary N) is 1. The molecular formula is C22H28N2O2. The lowest BCUT2D eigenvalue weighted by molar-refractivity contribution is -0.123. The fourth-order valence-electron chi connectivity index (χ4n) is 3.61. The minimum Gasteiger partial charge on any atom is -0.483 e. The highest BCUT2D eigenvalue weighted by molar-refractivity contribution is 5.77. The summed E-state index contributed by atoms with van der Waals surface area (Å²) in [5.74, 6) is 0.731. The summed E-state index contributed by atoms with van der Waals surface area (Å²) < 4.78 is 5.77. The lowest BCUT2D eigenvalue weighted by Gasteiger charge is -2.28. The molecule has 1 atom stereocenters. The zero-order chi connectivity index (χ0) is 18.4. The average molecular weight is 352 g/mol. The quantitative estimate of drug-likeness (QED) is 0.827. The number of likely N-dealkylation sites (tertiary alicyclic amines) is 1. The van der Waals surface area contributed by atoms with Gasteiger partial charge in [-0.2, -0.15) is 0 Å². The highest BCUT2D eigenvalue weighted by Crippen LogP contribution is 2.25. The second-order valence-corrected chi connectivity index (χ2v) is 6.98. The van der Waals surface area contributed by atoms with Crippen LogP contribution in [0.3, 0.4) is 0 Å². The number of benzene rings is 2. The fourth-order valence-corrected chi connectivity index (χ4v) is 3.61. The van der Waals surface area contributed by atoms with E-state index in [0.717, 1.165) is 30.0 Å². The number of amides is 1. The summed E-state index contributed by atoms with van der Waals surface area (Å²) in [5, 5.41) is 3.06. The molecule has 1 heterocycles. The predicted octanol–water partition coefficient (Wildman–Crippen LogP) is 3.64. The molecule has 1 fully saturated rings. The summed E-state index contributed by atoms with van der Waals surface area (Å²) in [7, 11) is 0. The lowest BCUT2D eigenvalue weighted by Crippen LogP contribution is -2.38. The summed E-state index contributed by atoms with van der Waals surface area (Å²) in [6.07, 6.45) is 2.46. The van der Waals surface area contributed by atoms with Crippen LogP contribution in [0.1, 0.15) is 35.6 Å². The Morgan fingerprint density at radius 2 is 1.69 bits per heavy atom. The highest BCUT2D eigenvalue weighted by atomic mass is 16.5. The van der Waals surface area contributed by atoms with Crippen LogP contribution >= 0.6 is 0 Å². The van der Waals surface area contributed by atoms with Crippen molar-refractivity contribution in [3.63, 3.8) is 0 Å². The summed E-state index contributed by atoms with van der Waals surface area (Å²) in [6, 6.07) is 16.7. The van der Waals surface area contributed by atoms with Crippen LogP contribution in [-0.4, -0.2) is 37.0 Å². The van der Waals surface area contributed by atoms with Crippen molar-refractivity contribution in [2.24, 2.45) is 0 Å². The summed E-state index contributed by atoms with van der Waals surface area (Å²) in [6.45, 7) is 6.84. The van der Waals surface area contributed by atoms with E-state index in [1.807, 2.05) is 38.1 Å². The summed E-state index contributed by atoms with van der Waals surface area (Å²) >= 11 is 0. The second-order valence-electron chi connectivity index (χ2n) is 6.98. The zero-order valence-electron chi connectivity index (χ0n) is 15.7. The zero-order valence-corrected chi connectivity index (χ0v) is 15.7. The number of rotatable bonds is 7. The summed E-state index contributed by atoms with van der Waals surface area (Å²) in [4.78, 5) is 14.8. The van der Waals surface area contributed by atoms with Gasteiger partial charge in [-0.25, -0.2) is 0 Å². The van der Waals surface area contributed by atoms with E-state index in [2.05, 4.69) is 34.5 Å². The van der Waals surface area contributed by atoms with Gasteiger partial charge in [0, 0.05) is 6.54 Å². The first kappa shape index (κ1) is 18.5. The SMILES string of the molecule is Cc1cccc(C)c1OCC(=O)NCC(c1ccccc1)N1CCCC1. The van der Waals surface area contributed by atoms with Gasteiger partial charge in [-0.3, -0.25) is 9.69 Å². The Kier molecular flexibility index (Phi) is 6.29. The van der Waals surface area contributed by atoms with E-state index in [0.29, 0.717) is 6.54 Å². The average Bonchev–Trinajstić information content (AvgIpc) is 3.17. The first-order valence-electron chi connectivity index (χ1n) is 9.40. The Balaban J connectivity index is 1.57. The molecule has 0 bridgehead atoms. The van der Waals surface area contributed by atoms with Gasteiger partial charge >= 0.3 is 0 Å². The van der Waals surface area contributed by atoms with Crippen LogP contribution in [0.25, 0.3) is 0 Å². The maximum absolute atomic E-state index is 12.3. The number of ether oxygens (including phenoxy) is 1. The van der Waals surface area contributed by atoms with Crippen molar-refractivity contribution in [2.75, 3.05) is 26.2 Å². The molecule has 0 aromatic heterocycles. The molecule has 3 rings (SSSR count). The number of hydrogen-bond acceptors (Lipinski definition) is 3. The molecule has 1 aliphatic heterocycles. The van der Waals surface area contributed by atoms with E-state index in [4.69, 9.17) is 4.74 Å². The van der Waals surface area contributed by atoms with Gasteiger partial charge in [-0.1, -0.05) is 48.5 Å². The van der Waals surface area contributed by atoms with Gasteiger partial charge in [0.05, 0.1) is 6.04 Å². The van der Waals surface area contributed by atoms with E-state index in [1.165, 1.54) is 18.4 Å². The van der Waals surface area contributed by atoms with Gasteiger partial charge < -0.3 is 10.1 Å². The van der Waals surface area contributed by atoms with Crippen LogP contribution < -0.4 is 10.1 Å².